The minimum Gasteiger partial charge on any atom is -0.497 e. The van der Waals surface area contributed by atoms with Crippen molar-refractivity contribution >= 4 is 45.8 Å². The number of amides is 1. The maximum absolute atomic E-state index is 12.9. The summed E-state index contributed by atoms with van der Waals surface area (Å²) in [6, 6.07) is 21.3. The van der Waals surface area contributed by atoms with E-state index >= 15 is 0 Å². The Kier molecular flexibility index (Phi) is 5.53. The number of imidazole rings is 1. The van der Waals surface area contributed by atoms with Gasteiger partial charge in [0.05, 0.1) is 28.2 Å². The van der Waals surface area contributed by atoms with E-state index in [9.17, 15) is 4.79 Å². The number of ether oxygens (including phenoxy) is 1. The van der Waals surface area contributed by atoms with Crippen LogP contribution in [0.5, 0.6) is 5.75 Å². The van der Waals surface area contributed by atoms with Gasteiger partial charge >= 0.3 is 0 Å². The zero-order chi connectivity index (χ0) is 22.2. The summed E-state index contributed by atoms with van der Waals surface area (Å²) in [5, 5.41) is 1.06. The van der Waals surface area contributed by atoms with Crippen molar-refractivity contribution in [1.29, 1.82) is 0 Å². The number of benzene rings is 3. The van der Waals surface area contributed by atoms with Gasteiger partial charge in [-0.1, -0.05) is 41.4 Å². The van der Waals surface area contributed by atoms with Crippen molar-refractivity contribution in [2.45, 2.75) is 18.9 Å². The van der Waals surface area contributed by atoms with Crippen molar-refractivity contribution in [3.05, 3.63) is 88.2 Å². The second-order valence-corrected chi connectivity index (χ2v) is 8.71. The Morgan fingerprint density at radius 1 is 1.03 bits per heavy atom. The number of rotatable bonds is 5. The summed E-state index contributed by atoms with van der Waals surface area (Å²) < 4.78 is 7.42. The highest BCUT2D eigenvalue weighted by molar-refractivity contribution is 6.42. The standard InChI is InChI=1S/C25H21Cl2N3O2/c1-32-19-9-7-18(8-10-19)29-15-17(13-24(29)31)25-28-22-4-2-3-5-23(22)30(25)14-16-6-11-20(26)21(27)12-16/h2-12,17H,13-15H2,1H3. The largest absolute Gasteiger partial charge is 0.497 e. The minimum absolute atomic E-state index is 0.0141. The SMILES string of the molecule is COc1ccc(N2CC(c3nc4ccccc4n3Cc3ccc(Cl)c(Cl)c3)CC2=O)cc1. The number of hydrogen-bond acceptors (Lipinski definition) is 3. The molecular weight excluding hydrogens is 445 g/mol. The van der Waals surface area contributed by atoms with E-state index in [0.717, 1.165) is 33.9 Å². The van der Waals surface area contributed by atoms with E-state index in [-0.39, 0.29) is 11.8 Å². The van der Waals surface area contributed by atoms with Crippen molar-refractivity contribution in [2.24, 2.45) is 0 Å². The first-order valence-corrected chi connectivity index (χ1v) is 11.1. The van der Waals surface area contributed by atoms with Gasteiger partial charge in [0.15, 0.2) is 0 Å². The van der Waals surface area contributed by atoms with E-state index in [0.29, 0.717) is 29.6 Å². The molecule has 1 fully saturated rings. The lowest BCUT2D eigenvalue weighted by Crippen LogP contribution is -2.24. The maximum atomic E-state index is 12.9. The highest BCUT2D eigenvalue weighted by Gasteiger charge is 2.34. The summed E-state index contributed by atoms with van der Waals surface area (Å²) in [6.07, 6.45) is 0.413. The number of carbonyl (C=O) groups is 1. The molecule has 32 heavy (non-hydrogen) atoms. The molecule has 7 heteroatoms. The van der Waals surface area contributed by atoms with E-state index in [1.54, 1.807) is 7.11 Å². The predicted molar refractivity (Wildman–Crippen MR) is 128 cm³/mol. The summed E-state index contributed by atoms with van der Waals surface area (Å²) in [5.41, 5.74) is 3.84. The van der Waals surface area contributed by atoms with Crippen LogP contribution in [-0.4, -0.2) is 29.1 Å². The van der Waals surface area contributed by atoms with E-state index in [1.165, 1.54) is 0 Å². The van der Waals surface area contributed by atoms with Crippen LogP contribution in [0, 0.1) is 0 Å². The molecule has 2 heterocycles. The summed E-state index contributed by atoms with van der Waals surface area (Å²) in [5.74, 6) is 1.75. The van der Waals surface area contributed by atoms with Gasteiger partial charge in [-0.25, -0.2) is 4.98 Å². The summed E-state index contributed by atoms with van der Waals surface area (Å²) >= 11 is 12.3. The molecule has 1 atom stereocenters. The van der Waals surface area contributed by atoms with Crippen molar-refractivity contribution in [2.75, 3.05) is 18.6 Å². The number of carbonyl (C=O) groups excluding carboxylic acids is 1. The molecule has 0 N–H and O–H groups in total. The van der Waals surface area contributed by atoms with Crippen molar-refractivity contribution in [3.63, 3.8) is 0 Å². The third-order valence-electron chi connectivity index (χ3n) is 5.88. The van der Waals surface area contributed by atoms with E-state index in [2.05, 4.69) is 10.6 Å². The molecule has 0 radical (unpaired) electrons. The van der Waals surface area contributed by atoms with Gasteiger partial charge < -0.3 is 14.2 Å². The molecule has 4 aromatic rings. The zero-order valence-electron chi connectivity index (χ0n) is 17.5. The van der Waals surface area contributed by atoms with Crippen LogP contribution in [0.1, 0.15) is 23.7 Å². The third-order valence-corrected chi connectivity index (χ3v) is 6.62. The Bertz CT molecular complexity index is 1300. The van der Waals surface area contributed by atoms with Crippen LogP contribution < -0.4 is 9.64 Å². The first-order valence-electron chi connectivity index (χ1n) is 10.4. The number of hydrogen-bond donors (Lipinski definition) is 0. The van der Waals surface area contributed by atoms with Crippen molar-refractivity contribution in [3.8, 4) is 5.75 Å². The molecule has 1 amide bonds. The number of aromatic nitrogens is 2. The Morgan fingerprint density at radius 2 is 1.81 bits per heavy atom. The second kappa shape index (κ2) is 8.49. The predicted octanol–water partition coefficient (Wildman–Crippen LogP) is 5.92. The summed E-state index contributed by atoms with van der Waals surface area (Å²) in [7, 11) is 1.63. The summed E-state index contributed by atoms with van der Waals surface area (Å²) in [4.78, 5) is 19.7. The molecule has 0 aliphatic carbocycles. The number of fused-ring (bicyclic) bond motifs is 1. The Balaban J connectivity index is 1.50. The van der Waals surface area contributed by atoms with Gasteiger partial charge in [0, 0.05) is 31.1 Å². The molecule has 5 rings (SSSR count). The molecule has 1 aliphatic rings. The lowest BCUT2D eigenvalue weighted by Gasteiger charge is -2.18. The molecular formula is C25H21Cl2N3O2. The van der Waals surface area contributed by atoms with Crippen LogP contribution >= 0.6 is 23.2 Å². The molecule has 5 nitrogen and oxygen atoms in total. The quantitative estimate of drug-likeness (QED) is 0.367. The normalized spacial score (nSPS) is 16.2. The number of halogens is 2. The number of nitrogens with zero attached hydrogens (tertiary/aromatic N) is 3. The second-order valence-electron chi connectivity index (χ2n) is 7.90. The number of methoxy groups -OCH3 is 1. The van der Waals surface area contributed by atoms with Gasteiger partial charge in [0.25, 0.3) is 0 Å². The average Bonchev–Trinajstić information content (AvgIpc) is 3.37. The van der Waals surface area contributed by atoms with E-state index in [4.69, 9.17) is 32.9 Å². The Labute approximate surface area is 196 Å². The van der Waals surface area contributed by atoms with Gasteiger partial charge in [-0.15, -0.1) is 0 Å². The van der Waals surface area contributed by atoms with Gasteiger partial charge in [0.2, 0.25) is 5.91 Å². The van der Waals surface area contributed by atoms with Gasteiger partial charge in [-0.2, -0.15) is 0 Å². The van der Waals surface area contributed by atoms with E-state index in [1.807, 2.05) is 65.6 Å². The smallest absolute Gasteiger partial charge is 0.227 e. The molecule has 1 unspecified atom stereocenters. The third kappa shape index (κ3) is 3.83. The number of anilines is 1. The maximum Gasteiger partial charge on any atom is 0.227 e. The van der Waals surface area contributed by atoms with E-state index < -0.39 is 0 Å². The van der Waals surface area contributed by atoms with Crippen LogP contribution in [-0.2, 0) is 11.3 Å². The molecule has 0 saturated carbocycles. The molecule has 1 saturated heterocycles. The van der Waals surface area contributed by atoms with Gasteiger partial charge in [0.1, 0.15) is 11.6 Å². The number of para-hydroxylation sites is 2. The van der Waals surface area contributed by atoms with Crippen LogP contribution in [0.4, 0.5) is 5.69 Å². The van der Waals surface area contributed by atoms with Crippen LogP contribution in [0.15, 0.2) is 66.7 Å². The first kappa shape index (κ1) is 20.9. The lowest BCUT2D eigenvalue weighted by atomic mass is 10.1. The fourth-order valence-electron chi connectivity index (χ4n) is 4.28. The molecule has 3 aromatic carbocycles. The van der Waals surface area contributed by atoms with Crippen molar-refractivity contribution in [1.82, 2.24) is 9.55 Å². The molecule has 1 aromatic heterocycles. The Morgan fingerprint density at radius 3 is 2.56 bits per heavy atom. The fourth-order valence-corrected chi connectivity index (χ4v) is 4.61. The average molecular weight is 466 g/mol. The topological polar surface area (TPSA) is 47.4 Å². The highest BCUT2D eigenvalue weighted by Crippen LogP contribution is 2.34. The van der Waals surface area contributed by atoms with Gasteiger partial charge in [-0.05, 0) is 54.1 Å². The zero-order valence-corrected chi connectivity index (χ0v) is 19.0. The summed E-state index contributed by atoms with van der Waals surface area (Å²) in [6.45, 7) is 1.18. The molecule has 0 bridgehead atoms. The first-order chi connectivity index (χ1) is 15.5. The van der Waals surface area contributed by atoms with Crippen LogP contribution in [0.2, 0.25) is 10.0 Å². The van der Waals surface area contributed by atoms with Crippen LogP contribution in [0.3, 0.4) is 0 Å². The lowest BCUT2D eigenvalue weighted by molar-refractivity contribution is -0.117. The van der Waals surface area contributed by atoms with Crippen molar-refractivity contribution < 1.29 is 9.53 Å². The highest BCUT2D eigenvalue weighted by atomic mass is 35.5. The molecule has 1 aliphatic heterocycles. The minimum atomic E-state index is -0.0141. The molecule has 0 spiro atoms. The van der Waals surface area contributed by atoms with Crippen LogP contribution in [0.25, 0.3) is 11.0 Å². The fraction of sp³-hybridized carbons (Fsp3) is 0.200. The molecule has 162 valence electrons. The monoisotopic (exact) mass is 465 g/mol. The Hall–Kier alpha value is -3.02. The van der Waals surface area contributed by atoms with Gasteiger partial charge in [-0.3, -0.25) is 4.79 Å².